The fourth-order valence-corrected chi connectivity index (χ4v) is 5.05. The zero-order valence-corrected chi connectivity index (χ0v) is 28.1. The van der Waals surface area contributed by atoms with Crippen molar-refractivity contribution in [1.29, 1.82) is 0 Å². The first-order chi connectivity index (χ1) is 21.0. The van der Waals surface area contributed by atoms with E-state index in [1.807, 2.05) is 6.08 Å². The third kappa shape index (κ3) is 30.1. The number of carbonyl (C=O) groups excluding carboxylic acids is 1. The van der Waals surface area contributed by atoms with Gasteiger partial charge in [0, 0.05) is 0 Å². The number of hydrogen-bond donors (Lipinski definition) is 4. The Balaban J connectivity index is 3.79. The summed E-state index contributed by atoms with van der Waals surface area (Å²) < 4.78 is 0. The second-order valence-corrected chi connectivity index (χ2v) is 12.1. The molecule has 43 heavy (non-hydrogen) atoms. The molecule has 0 aliphatic heterocycles. The standard InChI is InChI=1S/C38H69NO4/c1-3-5-7-9-11-13-15-16-17-18-19-20-22-23-25-27-29-31-35(41)33-38(43)39-36(34-40)37(42)32-30-28-26-24-21-14-12-10-8-6-4-2/h11,13,15-16,21,24,30,32,35-37,40-42H,3-10,12,14,17-20,22-23,25-29,31,33-34H2,1-2H3,(H,39,43)/b13-11-,16-15-,24-21+,32-30+. The van der Waals surface area contributed by atoms with Crippen molar-refractivity contribution >= 4 is 5.91 Å². The zero-order valence-electron chi connectivity index (χ0n) is 28.1. The number of aliphatic hydroxyl groups is 3. The van der Waals surface area contributed by atoms with Crippen molar-refractivity contribution in [2.75, 3.05) is 6.61 Å². The van der Waals surface area contributed by atoms with Crippen LogP contribution < -0.4 is 5.32 Å². The van der Waals surface area contributed by atoms with E-state index in [1.165, 1.54) is 96.3 Å². The number of aliphatic hydroxyl groups excluding tert-OH is 3. The maximum absolute atomic E-state index is 12.3. The molecule has 0 rings (SSSR count). The smallest absolute Gasteiger partial charge is 0.222 e. The fourth-order valence-electron chi connectivity index (χ4n) is 5.05. The maximum atomic E-state index is 12.3. The van der Waals surface area contributed by atoms with E-state index < -0.39 is 18.2 Å². The largest absolute Gasteiger partial charge is 0.394 e. The van der Waals surface area contributed by atoms with E-state index in [4.69, 9.17) is 0 Å². The highest BCUT2D eigenvalue weighted by atomic mass is 16.3. The van der Waals surface area contributed by atoms with Gasteiger partial charge < -0.3 is 20.6 Å². The summed E-state index contributed by atoms with van der Waals surface area (Å²) in [7, 11) is 0. The fraction of sp³-hybridized carbons (Fsp3) is 0.763. The molecule has 0 aromatic rings. The van der Waals surface area contributed by atoms with Crippen LogP contribution >= 0.6 is 0 Å². The summed E-state index contributed by atoms with van der Waals surface area (Å²) in [4.78, 5) is 12.3. The van der Waals surface area contributed by atoms with E-state index in [0.29, 0.717) is 6.42 Å². The third-order valence-electron chi connectivity index (χ3n) is 7.87. The Hall–Kier alpha value is -1.69. The van der Waals surface area contributed by atoms with Gasteiger partial charge in [0.05, 0.1) is 31.3 Å². The van der Waals surface area contributed by atoms with Crippen LogP contribution in [0.4, 0.5) is 0 Å². The maximum Gasteiger partial charge on any atom is 0.222 e. The van der Waals surface area contributed by atoms with E-state index >= 15 is 0 Å². The van der Waals surface area contributed by atoms with Gasteiger partial charge in [0.2, 0.25) is 5.91 Å². The zero-order chi connectivity index (χ0) is 31.6. The number of carbonyl (C=O) groups is 1. The first kappa shape index (κ1) is 41.3. The number of hydrogen-bond acceptors (Lipinski definition) is 4. The van der Waals surface area contributed by atoms with Crippen molar-refractivity contribution in [3.63, 3.8) is 0 Å². The van der Waals surface area contributed by atoms with Gasteiger partial charge in [-0.3, -0.25) is 4.79 Å². The monoisotopic (exact) mass is 604 g/mol. The summed E-state index contributed by atoms with van der Waals surface area (Å²) in [6, 6.07) is -0.761. The van der Waals surface area contributed by atoms with Crippen LogP contribution in [0.25, 0.3) is 0 Å². The molecule has 5 nitrogen and oxygen atoms in total. The van der Waals surface area contributed by atoms with Gasteiger partial charge >= 0.3 is 0 Å². The Kier molecular flexibility index (Phi) is 31.9. The Morgan fingerprint density at radius 3 is 1.67 bits per heavy atom. The van der Waals surface area contributed by atoms with Gasteiger partial charge in [0.15, 0.2) is 0 Å². The third-order valence-corrected chi connectivity index (χ3v) is 7.87. The second-order valence-electron chi connectivity index (χ2n) is 12.1. The Bertz CT molecular complexity index is 715. The normalized spacial score (nSPS) is 14.4. The molecule has 3 atom stereocenters. The SMILES string of the molecule is CCCCC/C=C\C=C/CCCCCCCCCCC(O)CC(=O)NC(CO)C(O)/C=C/CC/C=C/CCCCCCC. The van der Waals surface area contributed by atoms with Gasteiger partial charge in [-0.25, -0.2) is 0 Å². The summed E-state index contributed by atoms with van der Waals surface area (Å²) in [5.41, 5.74) is 0. The molecule has 0 radical (unpaired) electrons. The van der Waals surface area contributed by atoms with Crippen molar-refractivity contribution in [2.45, 2.75) is 180 Å². The van der Waals surface area contributed by atoms with Gasteiger partial charge in [-0.1, -0.05) is 146 Å². The van der Waals surface area contributed by atoms with E-state index in [0.717, 1.165) is 38.5 Å². The first-order valence-electron chi connectivity index (χ1n) is 17.9. The van der Waals surface area contributed by atoms with Crippen molar-refractivity contribution in [3.05, 3.63) is 48.6 Å². The molecule has 0 saturated heterocycles. The number of allylic oxidation sites excluding steroid dienone is 7. The quantitative estimate of drug-likeness (QED) is 0.0361. The van der Waals surface area contributed by atoms with Crippen molar-refractivity contribution in [1.82, 2.24) is 5.32 Å². The molecule has 0 spiro atoms. The van der Waals surface area contributed by atoms with Crippen LogP contribution in [0, 0.1) is 0 Å². The lowest BCUT2D eigenvalue weighted by molar-refractivity contribution is -0.124. The molecule has 0 aromatic heterocycles. The minimum absolute atomic E-state index is 0.000726. The van der Waals surface area contributed by atoms with Crippen LogP contribution in [0.2, 0.25) is 0 Å². The predicted molar refractivity (Wildman–Crippen MR) is 185 cm³/mol. The van der Waals surface area contributed by atoms with Crippen LogP contribution in [0.1, 0.15) is 162 Å². The van der Waals surface area contributed by atoms with Crippen LogP contribution in [0.3, 0.4) is 0 Å². The average Bonchev–Trinajstić information content (AvgIpc) is 3.00. The molecular formula is C38H69NO4. The molecule has 250 valence electrons. The van der Waals surface area contributed by atoms with Gasteiger partial charge in [-0.2, -0.15) is 0 Å². The highest BCUT2D eigenvalue weighted by Gasteiger charge is 2.20. The Labute approximate surface area is 266 Å². The summed E-state index contributed by atoms with van der Waals surface area (Å²) in [6.07, 6.45) is 40.9. The van der Waals surface area contributed by atoms with E-state index in [1.54, 1.807) is 6.08 Å². The lowest BCUT2D eigenvalue weighted by atomic mass is 10.0. The molecule has 0 saturated carbocycles. The minimum Gasteiger partial charge on any atom is -0.394 e. The second kappa shape index (κ2) is 33.2. The van der Waals surface area contributed by atoms with E-state index in [9.17, 15) is 20.1 Å². The van der Waals surface area contributed by atoms with Gasteiger partial charge in [-0.15, -0.1) is 0 Å². The molecule has 1 amide bonds. The molecule has 0 aliphatic rings. The summed E-state index contributed by atoms with van der Waals surface area (Å²) >= 11 is 0. The highest BCUT2D eigenvalue weighted by Crippen LogP contribution is 2.13. The predicted octanol–water partition coefficient (Wildman–Crippen LogP) is 9.42. The van der Waals surface area contributed by atoms with Gasteiger partial charge in [0.1, 0.15) is 0 Å². The minimum atomic E-state index is -0.952. The number of amides is 1. The number of rotatable bonds is 31. The summed E-state index contributed by atoms with van der Waals surface area (Å²) in [5, 5.41) is 32.9. The van der Waals surface area contributed by atoms with E-state index in [-0.39, 0.29) is 18.9 Å². The van der Waals surface area contributed by atoms with E-state index in [2.05, 4.69) is 55.6 Å². The lowest BCUT2D eigenvalue weighted by Gasteiger charge is -2.21. The molecule has 0 aliphatic carbocycles. The molecule has 4 N–H and O–H groups in total. The molecule has 0 heterocycles. The van der Waals surface area contributed by atoms with Crippen molar-refractivity contribution in [3.8, 4) is 0 Å². The molecule has 0 aromatic carbocycles. The Morgan fingerprint density at radius 2 is 1.07 bits per heavy atom. The summed E-state index contributed by atoms with van der Waals surface area (Å²) in [6.45, 7) is 4.12. The van der Waals surface area contributed by atoms with Crippen LogP contribution in [0.5, 0.6) is 0 Å². The molecule has 3 unspecified atom stereocenters. The average molecular weight is 604 g/mol. The van der Waals surface area contributed by atoms with Crippen molar-refractivity contribution < 1.29 is 20.1 Å². The number of unbranched alkanes of at least 4 members (excludes halogenated alkanes) is 17. The van der Waals surface area contributed by atoms with Crippen LogP contribution in [-0.4, -0.2) is 46.1 Å². The van der Waals surface area contributed by atoms with Crippen LogP contribution in [0.15, 0.2) is 48.6 Å². The summed E-state index contributed by atoms with van der Waals surface area (Å²) in [5.74, 6) is -0.335. The highest BCUT2D eigenvalue weighted by molar-refractivity contribution is 5.76. The molecule has 5 heteroatoms. The molecule has 0 bridgehead atoms. The molecule has 0 fully saturated rings. The Morgan fingerprint density at radius 1 is 0.605 bits per heavy atom. The first-order valence-corrected chi connectivity index (χ1v) is 17.9. The molecular weight excluding hydrogens is 534 g/mol. The lowest BCUT2D eigenvalue weighted by Crippen LogP contribution is -2.45. The van der Waals surface area contributed by atoms with Crippen LogP contribution in [-0.2, 0) is 4.79 Å². The van der Waals surface area contributed by atoms with Gasteiger partial charge in [0.25, 0.3) is 0 Å². The van der Waals surface area contributed by atoms with Crippen molar-refractivity contribution in [2.24, 2.45) is 0 Å². The number of nitrogens with one attached hydrogen (secondary N) is 1. The van der Waals surface area contributed by atoms with Gasteiger partial charge in [-0.05, 0) is 57.8 Å². The topological polar surface area (TPSA) is 89.8 Å².